The van der Waals surface area contributed by atoms with Crippen molar-refractivity contribution in [3.05, 3.63) is 53.7 Å². The average Bonchev–Trinajstić information content (AvgIpc) is 2.84. The van der Waals surface area contributed by atoms with E-state index in [9.17, 15) is 9.18 Å². The van der Waals surface area contributed by atoms with Crippen molar-refractivity contribution in [1.29, 1.82) is 0 Å². The lowest BCUT2D eigenvalue weighted by Crippen LogP contribution is -2.05. The molecule has 3 rings (SSSR count). The molecule has 0 bridgehead atoms. The number of nitrogens with zero attached hydrogens (tertiary/aromatic N) is 3. The van der Waals surface area contributed by atoms with Gasteiger partial charge < -0.3 is 0 Å². The molecule has 0 spiro atoms. The molecule has 0 unspecified atom stereocenters. The zero-order chi connectivity index (χ0) is 14.3. The molecule has 0 amide bonds. The van der Waals surface area contributed by atoms with Crippen molar-refractivity contribution < 1.29 is 9.18 Å². The Morgan fingerprint density at radius 2 is 1.90 bits per heavy atom. The highest BCUT2D eigenvalue weighted by molar-refractivity contribution is 5.95. The fourth-order valence-electron chi connectivity index (χ4n) is 2.22. The predicted molar refractivity (Wildman–Crippen MR) is 73.1 cm³/mol. The van der Waals surface area contributed by atoms with Crippen LogP contribution in [0.4, 0.5) is 4.39 Å². The standard InChI is InChI=1S/C15H12FN3O/c1-9-13(10(2)20)7-17-15-14(8-18-19(9)15)11-3-5-12(16)6-4-11/h3-8H,1-2H3. The number of hydrogen-bond acceptors (Lipinski definition) is 3. The van der Waals surface area contributed by atoms with E-state index in [0.717, 1.165) is 16.8 Å². The van der Waals surface area contributed by atoms with Gasteiger partial charge in [0.05, 0.1) is 17.5 Å². The molecule has 0 atom stereocenters. The number of ketones is 1. The normalized spacial score (nSPS) is 10.9. The first-order valence-electron chi connectivity index (χ1n) is 6.18. The second kappa shape index (κ2) is 4.52. The Hall–Kier alpha value is -2.56. The molecule has 5 heteroatoms. The molecule has 0 radical (unpaired) electrons. The SMILES string of the molecule is CC(=O)c1cnc2c(-c3ccc(F)cc3)cnn2c1C. The summed E-state index contributed by atoms with van der Waals surface area (Å²) in [5.41, 5.74) is 3.59. The second-order valence-electron chi connectivity index (χ2n) is 4.61. The molecular weight excluding hydrogens is 257 g/mol. The van der Waals surface area contributed by atoms with Crippen molar-refractivity contribution in [2.45, 2.75) is 13.8 Å². The summed E-state index contributed by atoms with van der Waals surface area (Å²) in [5, 5.41) is 4.27. The van der Waals surface area contributed by atoms with Crippen LogP contribution in [0.25, 0.3) is 16.8 Å². The molecule has 4 nitrogen and oxygen atoms in total. The first-order valence-corrected chi connectivity index (χ1v) is 6.18. The van der Waals surface area contributed by atoms with E-state index in [0.29, 0.717) is 11.2 Å². The number of halogens is 1. The van der Waals surface area contributed by atoms with Gasteiger partial charge in [-0.3, -0.25) is 4.79 Å². The lowest BCUT2D eigenvalue weighted by atomic mass is 10.1. The Morgan fingerprint density at radius 3 is 2.55 bits per heavy atom. The topological polar surface area (TPSA) is 47.3 Å². The van der Waals surface area contributed by atoms with E-state index in [1.807, 2.05) is 6.92 Å². The van der Waals surface area contributed by atoms with Crippen molar-refractivity contribution in [1.82, 2.24) is 14.6 Å². The van der Waals surface area contributed by atoms with E-state index in [4.69, 9.17) is 0 Å². The second-order valence-corrected chi connectivity index (χ2v) is 4.61. The number of Topliss-reactive ketones (excluding diaryl/α,β-unsaturated/α-hetero) is 1. The van der Waals surface area contributed by atoms with Crippen molar-refractivity contribution >= 4 is 11.4 Å². The van der Waals surface area contributed by atoms with Crippen molar-refractivity contribution in [2.75, 3.05) is 0 Å². The summed E-state index contributed by atoms with van der Waals surface area (Å²) < 4.78 is 14.6. The number of aromatic nitrogens is 3. The fraction of sp³-hybridized carbons (Fsp3) is 0.133. The number of hydrogen-bond donors (Lipinski definition) is 0. The molecular formula is C15H12FN3O. The summed E-state index contributed by atoms with van der Waals surface area (Å²) in [5.74, 6) is -0.330. The number of carbonyl (C=O) groups excluding carboxylic acids is 1. The molecule has 0 aliphatic carbocycles. The smallest absolute Gasteiger partial charge is 0.163 e. The van der Waals surface area contributed by atoms with Gasteiger partial charge in [-0.15, -0.1) is 0 Å². The van der Waals surface area contributed by atoms with Gasteiger partial charge >= 0.3 is 0 Å². The highest BCUT2D eigenvalue weighted by atomic mass is 19.1. The highest BCUT2D eigenvalue weighted by Gasteiger charge is 2.13. The van der Waals surface area contributed by atoms with Crippen LogP contribution in [0.15, 0.2) is 36.7 Å². The molecule has 1 aromatic carbocycles. The van der Waals surface area contributed by atoms with E-state index < -0.39 is 0 Å². The van der Waals surface area contributed by atoms with Crippen molar-refractivity contribution in [3.8, 4) is 11.1 Å². The Bertz CT molecular complexity index is 806. The van der Waals surface area contributed by atoms with Crippen LogP contribution in [0.2, 0.25) is 0 Å². The number of benzene rings is 1. The van der Waals surface area contributed by atoms with Gasteiger partial charge in [-0.2, -0.15) is 5.10 Å². The largest absolute Gasteiger partial charge is 0.294 e. The lowest BCUT2D eigenvalue weighted by molar-refractivity contribution is 0.101. The minimum Gasteiger partial charge on any atom is -0.294 e. The Kier molecular flexibility index (Phi) is 2.82. The third-order valence-corrected chi connectivity index (χ3v) is 3.30. The zero-order valence-corrected chi connectivity index (χ0v) is 11.1. The van der Waals surface area contributed by atoms with Crippen LogP contribution < -0.4 is 0 Å². The number of aryl methyl sites for hydroxylation is 1. The molecule has 2 aromatic heterocycles. The Labute approximate surface area is 114 Å². The van der Waals surface area contributed by atoms with Crippen LogP contribution in [0, 0.1) is 12.7 Å². The predicted octanol–water partition coefficient (Wildman–Crippen LogP) is 3.05. The van der Waals surface area contributed by atoms with Crippen LogP contribution >= 0.6 is 0 Å². The zero-order valence-electron chi connectivity index (χ0n) is 11.1. The molecule has 20 heavy (non-hydrogen) atoms. The molecule has 2 heterocycles. The van der Waals surface area contributed by atoms with Gasteiger partial charge in [0.15, 0.2) is 11.4 Å². The van der Waals surface area contributed by atoms with Crippen LogP contribution in [0.1, 0.15) is 23.0 Å². The number of fused-ring (bicyclic) bond motifs is 1. The number of rotatable bonds is 2. The molecule has 0 saturated heterocycles. The molecule has 0 N–H and O–H groups in total. The van der Waals surface area contributed by atoms with E-state index in [1.165, 1.54) is 19.1 Å². The van der Waals surface area contributed by atoms with Crippen LogP contribution in [0.3, 0.4) is 0 Å². The maximum Gasteiger partial charge on any atom is 0.163 e. The molecule has 3 aromatic rings. The first kappa shape index (κ1) is 12.5. The molecule has 0 aliphatic rings. The van der Waals surface area contributed by atoms with Crippen LogP contribution in [-0.4, -0.2) is 20.4 Å². The minimum atomic E-state index is -0.284. The molecule has 100 valence electrons. The van der Waals surface area contributed by atoms with Crippen LogP contribution in [-0.2, 0) is 0 Å². The molecule has 0 fully saturated rings. The van der Waals surface area contributed by atoms with Gasteiger partial charge in [-0.1, -0.05) is 12.1 Å². The van der Waals surface area contributed by atoms with E-state index in [-0.39, 0.29) is 11.6 Å². The van der Waals surface area contributed by atoms with Gasteiger partial charge in [-0.05, 0) is 31.5 Å². The van der Waals surface area contributed by atoms with Gasteiger partial charge in [0, 0.05) is 11.8 Å². The third kappa shape index (κ3) is 1.87. The molecule has 0 saturated carbocycles. The lowest BCUT2D eigenvalue weighted by Gasteiger charge is -2.05. The average molecular weight is 269 g/mol. The van der Waals surface area contributed by atoms with Gasteiger partial charge in [0.2, 0.25) is 0 Å². The maximum atomic E-state index is 13.0. The van der Waals surface area contributed by atoms with Gasteiger partial charge in [0.1, 0.15) is 5.82 Å². The summed E-state index contributed by atoms with van der Waals surface area (Å²) in [4.78, 5) is 15.8. The van der Waals surface area contributed by atoms with E-state index >= 15 is 0 Å². The van der Waals surface area contributed by atoms with E-state index in [1.54, 1.807) is 29.0 Å². The summed E-state index contributed by atoms with van der Waals surface area (Å²) in [6, 6.07) is 6.16. The monoisotopic (exact) mass is 269 g/mol. The van der Waals surface area contributed by atoms with Crippen molar-refractivity contribution in [2.24, 2.45) is 0 Å². The quantitative estimate of drug-likeness (QED) is 0.672. The summed E-state index contributed by atoms with van der Waals surface area (Å²) in [6.07, 6.45) is 3.23. The fourth-order valence-corrected chi connectivity index (χ4v) is 2.22. The van der Waals surface area contributed by atoms with Crippen molar-refractivity contribution in [3.63, 3.8) is 0 Å². The van der Waals surface area contributed by atoms with Crippen LogP contribution in [0.5, 0.6) is 0 Å². The summed E-state index contributed by atoms with van der Waals surface area (Å²) >= 11 is 0. The maximum absolute atomic E-state index is 13.0. The minimum absolute atomic E-state index is 0.0456. The number of carbonyl (C=O) groups is 1. The van der Waals surface area contributed by atoms with Gasteiger partial charge in [-0.25, -0.2) is 13.9 Å². The molecule has 0 aliphatic heterocycles. The van der Waals surface area contributed by atoms with E-state index in [2.05, 4.69) is 10.1 Å². The summed E-state index contributed by atoms with van der Waals surface area (Å²) in [7, 11) is 0. The van der Waals surface area contributed by atoms with Gasteiger partial charge in [0.25, 0.3) is 0 Å². The third-order valence-electron chi connectivity index (χ3n) is 3.30. The Balaban J connectivity index is 2.22. The first-order chi connectivity index (χ1) is 9.58. The summed E-state index contributed by atoms with van der Waals surface area (Å²) in [6.45, 7) is 3.33. The highest BCUT2D eigenvalue weighted by Crippen LogP contribution is 2.24. The Morgan fingerprint density at radius 1 is 1.20 bits per heavy atom.